The third-order valence-corrected chi connectivity index (χ3v) is 14.5. The van der Waals surface area contributed by atoms with Gasteiger partial charge in [0.15, 0.2) is 6.29 Å². The average Bonchev–Trinajstić information content (AvgIpc) is 3.32. The molecule has 5 fully saturated rings. The molecule has 5 aliphatic rings. The molecule has 0 aromatic carbocycles. The van der Waals surface area contributed by atoms with Crippen LogP contribution in [0, 0.1) is 45.3 Å². The van der Waals surface area contributed by atoms with E-state index in [0.717, 1.165) is 51.4 Å². The van der Waals surface area contributed by atoms with Crippen LogP contribution in [0.15, 0.2) is 11.6 Å². The van der Waals surface area contributed by atoms with Crippen LogP contribution in [0.2, 0.25) is 0 Å². The normalized spacial score (nSPS) is 51.5. The van der Waals surface area contributed by atoms with Gasteiger partial charge in [-0.1, -0.05) is 46.3 Å². The molecule has 6 N–H and O–H groups in total. The molecule has 0 unspecified atom stereocenters. The van der Waals surface area contributed by atoms with Gasteiger partial charge >= 0.3 is 0 Å². The lowest BCUT2D eigenvalue weighted by atomic mass is 9.35. The second-order valence-corrected chi connectivity index (χ2v) is 17.3. The minimum atomic E-state index is -1.46. The molecule has 1 saturated heterocycles. The van der Waals surface area contributed by atoms with Crippen molar-refractivity contribution in [2.24, 2.45) is 45.3 Å². The van der Waals surface area contributed by atoms with Crippen LogP contribution < -0.4 is 0 Å². The second kappa shape index (κ2) is 11.8. The van der Waals surface area contributed by atoms with Crippen LogP contribution in [0.1, 0.15) is 113 Å². The molecular weight excluding hydrogens is 560 g/mol. The van der Waals surface area contributed by atoms with Gasteiger partial charge in [-0.25, -0.2) is 0 Å². The molecule has 1 aliphatic heterocycles. The van der Waals surface area contributed by atoms with E-state index in [1.807, 2.05) is 6.92 Å². The first-order chi connectivity index (χ1) is 20.3. The molecule has 0 aromatic rings. The summed E-state index contributed by atoms with van der Waals surface area (Å²) in [5, 5.41) is 64.8. The monoisotopic (exact) mass is 622 g/mol. The lowest BCUT2D eigenvalue weighted by Crippen LogP contribution is -2.67. The first-order valence-electron chi connectivity index (χ1n) is 17.3. The summed E-state index contributed by atoms with van der Waals surface area (Å²) in [6.45, 7) is 17.5. The number of fused-ring (bicyclic) bond motifs is 5. The van der Waals surface area contributed by atoms with Gasteiger partial charge in [-0.05, 0) is 124 Å². The topological polar surface area (TPSA) is 140 Å². The predicted molar refractivity (Wildman–Crippen MR) is 168 cm³/mol. The highest BCUT2D eigenvalue weighted by atomic mass is 16.7. The molecule has 8 heteroatoms. The zero-order chi connectivity index (χ0) is 32.6. The highest BCUT2D eigenvalue weighted by Crippen LogP contribution is 2.76. The van der Waals surface area contributed by atoms with E-state index in [1.165, 1.54) is 5.57 Å². The van der Waals surface area contributed by atoms with Crippen LogP contribution in [-0.2, 0) is 9.47 Å². The molecule has 4 aliphatic carbocycles. The van der Waals surface area contributed by atoms with Crippen molar-refractivity contribution in [3.05, 3.63) is 11.6 Å². The van der Waals surface area contributed by atoms with Crippen molar-refractivity contribution in [2.75, 3.05) is 6.61 Å². The molecule has 0 aromatic heterocycles. The Kier molecular flexibility index (Phi) is 9.35. The fourth-order valence-corrected chi connectivity index (χ4v) is 11.9. The Labute approximate surface area is 265 Å². The Balaban J connectivity index is 1.37. The minimum absolute atomic E-state index is 0.0231. The smallest absolute Gasteiger partial charge is 0.186 e. The van der Waals surface area contributed by atoms with Crippen LogP contribution >= 0.6 is 0 Å². The van der Waals surface area contributed by atoms with Crippen molar-refractivity contribution >= 4 is 0 Å². The molecule has 0 amide bonds. The van der Waals surface area contributed by atoms with E-state index in [9.17, 15) is 30.6 Å². The largest absolute Gasteiger partial charge is 0.394 e. The quantitative estimate of drug-likeness (QED) is 0.182. The number of hydrogen-bond acceptors (Lipinski definition) is 8. The Hall–Kier alpha value is -0.580. The molecule has 0 spiro atoms. The number of allylic oxidation sites excluding steroid dienone is 2. The fraction of sp³-hybridized carbons (Fsp3) is 0.944. The third kappa shape index (κ3) is 5.26. The molecular formula is C36H62O8. The van der Waals surface area contributed by atoms with E-state index in [-0.39, 0.29) is 39.6 Å². The molecule has 5 rings (SSSR count). The Morgan fingerprint density at radius 3 is 2.18 bits per heavy atom. The molecule has 1 heterocycles. The van der Waals surface area contributed by atoms with Gasteiger partial charge < -0.3 is 40.1 Å². The first-order valence-corrected chi connectivity index (χ1v) is 17.3. The van der Waals surface area contributed by atoms with Gasteiger partial charge in [0.2, 0.25) is 0 Å². The highest BCUT2D eigenvalue weighted by molar-refractivity contribution is 5.20. The van der Waals surface area contributed by atoms with Crippen molar-refractivity contribution in [3.63, 3.8) is 0 Å². The van der Waals surface area contributed by atoms with Gasteiger partial charge in [-0.3, -0.25) is 0 Å². The van der Waals surface area contributed by atoms with Crippen LogP contribution in [0.25, 0.3) is 0 Å². The Bertz CT molecular complexity index is 1070. The maximum atomic E-state index is 12.0. The summed E-state index contributed by atoms with van der Waals surface area (Å²) in [7, 11) is 0. The van der Waals surface area contributed by atoms with Crippen molar-refractivity contribution < 1.29 is 40.1 Å². The molecule has 0 bridgehead atoms. The number of ether oxygens (including phenoxy) is 2. The van der Waals surface area contributed by atoms with E-state index >= 15 is 0 Å². The highest BCUT2D eigenvalue weighted by Gasteiger charge is 2.71. The number of rotatable bonds is 7. The summed E-state index contributed by atoms with van der Waals surface area (Å²) in [5.41, 5.74) is 0.122. The van der Waals surface area contributed by atoms with E-state index in [1.54, 1.807) is 0 Å². The summed E-state index contributed by atoms with van der Waals surface area (Å²) in [6.07, 6.45) is 3.15. The Morgan fingerprint density at radius 1 is 0.886 bits per heavy atom. The summed E-state index contributed by atoms with van der Waals surface area (Å²) in [4.78, 5) is 0. The van der Waals surface area contributed by atoms with Crippen molar-refractivity contribution in [1.29, 1.82) is 0 Å². The maximum Gasteiger partial charge on any atom is 0.186 e. The van der Waals surface area contributed by atoms with Crippen molar-refractivity contribution in [1.82, 2.24) is 0 Å². The van der Waals surface area contributed by atoms with Gasteiger partial charge in [0.05, 0.1) is 24.4 Å². The number of hydrogen-bond donors (Lipinski definition) is 6. The summed E-state index contributed by atoms with van der Waals surface area (Å²) in [6, 6.07) is 0. The molecule has 4 saturated carbocycles. The van der Waals surface area contributed by atoms with E-state index in [4.69, 9.17) is 9.47 Å². The predicted octanol–water partition coefficient (Wildman–Crippen LogP) is 4.32. The number of aliphatic hydroxyl groups excluding tert-OH is 5. The van der Waals surface area contributed by atoms with Crippen LogP contribution in [0.5, 0.6) is 0 Å². The number of aliphatic hydroxyl groups is 6. The third-order valence-electron chi connectivity index (χ3n) is 14.5. The molecule has 44 heavy (non-hydrogen) atoms. The SMILES string of the molecule is CC(C)=CCC[C@](C)(O)[C@@H]1CC[C@@]2(C)[C@H]1[C@H](O)C[C@H]1[C@]3(C)CC[C@@H](O[C@H]4O[C@@H](CO)[C@H](O)[C@@H](O)[C@@H]4O)C(C)(C)[C@@H]3CC[C@]12C. The standard InChI is InChI=1S/C36H62O8/c1-20(2)10-9-14-36(8,42)21-11-16-35(7)27(21)22(38)18-25-33(5)15-13-26(32(3,4)24(33)12-17-34(25,35)6)44-31-30(41)29(40)28(39)23(19-37)43-31/h10,21-31,37-42H,9,11-19H2,1-8H3/t21-,22-,23+,24+,25+,26-,27-,28+,29-,30+,31-,33-,34-,35+,36+/m1/s1. The van der Waals surface area contributed by atoms with Crippen LogP contribution in [-0.4, -0.2) is 85.8 Å². The molecule has 15 atom stereocenters. The van der Waals surface area contributed by atoms with Gasteiger partial charge in [-0.15, -0.1) is 0 Å². The molecule has 8 nitrogen and oxygen atoms in total. The van der Waals surface area contributed by atoms with E-state index in [2.05, 4.69) is 54.5 Å². The van der Waals surface area contributed by atoms with Crippen LogP contribution in [0.4, 0.5) is 0 Å². The second-order valence-electron chi connectivity index (χ2n) is 17.3. The van der Waals surface area contributed by atoms with Crippen molar-refractivity contribution in [2.45, 2.75) is 162 Å². The van der Waals surface area contributed by atoms with E-state index < -0.39 is 49.0 Å². The summed E-state index contributed by atoms with van der Waals surface area (Å²) in [5.74, 6) is 0.792. The van der Waals surface area contributed by atoms with E-state index in [0.29, 0.717) is 18.3 Å². The zero-order valence-electron chi connectivity index (χ0n) is 28.5. The van der Waals surface area contributed by atoms with Gasteiger partial charge in [0.25, 0.3) is 0 Å². The van der Waals surface area contributed by atoms with Gasteiger partial charge in [-0.2, -0.15) is 0 Å². The summed E-state index contributed by atoms with van der Waals surface area (Å²) >= 11 is 0. The fourth-order valence-electron chi connectivity index (χ4n) is 11.9. The first kappa shape index (κ1) is 34.7. The molecule has 254 valence electrons. The minimum Gasteiger partial charge on any atom is -0.394 e. The Morgan fingerprint density at radius 2 is 1.55 bits per heavy atom. The van der Waals surface area contributed by atoms with Crippen LogP contribution in [0.3, 0.4) is 0 Å². The molecule has 0 radical (unpaired) electrons. The lowest BCUT2D eigenvalue weighted by Gasteiger charge is -2.70. The maximum absolute atomic E-state index is 12.0. The van der Waals surface area contributed by atoms with Crippen molar-refractivity contribution in [3.8, 4) is 0 Å². The zero-order valence-corrected chi connectivity index (χ0v) is 28.5. The average molecular weight is 623 g/mol. The van der Waals surface area contributed by atoms with Gasteiger partial charge in [0.1, 0.15) is 24.4 Å². The van der Waals surface area contributed by atoms with Gasteiger partial charge in [0, 0.05) is 0 Å². The lowest BCUT2D eigenvalue weighted by molar-refractivity contribution is -0.332. The summed E-state index contributed by atoms with van der Waals surface area (Å²) < 4.78 is 12.2.